The van der Waals surface area contributed by atoms with E-state index in [9.17, 15) is 9.90 Å². The highest BCUT2D eigenvalue weighted by molar-refractivity contribution is 6.10. The van der Waals surface area contributed by atoms with Gasteiger partial charge in [0.25, 0.3) is 0 Å². The van der Waals surface area contributed by atoms with Crippen molar-refractivity contribution in [2.45, 2.75) is 32.7 Å². The van der Waals surface area contributed by atoms with E-state index in [4.69, 9.17) is 4.99 Å². The van der Waals surface area contributed by atoms with Crippen LogP contribution >= 0.6 is 0 Å². The van der Waals surface area contributed by atoms with Crippen molar-refractivity contribution in [3.63, 3.8) is 0 Å². The number of phenols is 1. The number of benzene rings is 2. The second-order valence-electron chi connectivity index (χ2n) is 7.76. The van der Waals surface area contributed by atoms with E-state index in [1.165, 1.54) is 0 Å². The van der Waals surface area contributed by atoms with Crippen LogP contribution in [0.5, 0.6) is 5.75 Å². The molecule has 1 heterocycles. The number of aliphatic imine (C=N–C) groups is 1. The topological polar surface area (TPSA) is 61.7 Å². The van der Waals surface area contributed by atoms with Crippen LogP contribution in [0.15, 0.2) is 53.5 Å². The van der Waals surface area contributed by atoms with Gasteiger partial charge in [-0.1, -0.05) is 44.2 Å². The Morgan fingerprint density at radius 2 is 1.80 bits per heavy atom. The minimum Gasteiger partial charge on any atom is -0.508 e. The van der Waals surface area contributed by atoms with E-state index in [1.54, 1.807) is 12.1 Å². The molecule has 2 aromatic rings. The Bertz CT molecular complexity index is 870. The van der Waals surface area contributed by atoms with Crippen molar-refractivity contribution in [1.29, 1.82) is 0 Å². The molecule has 1 aliphatic heterocycles. The van der Waals surface area contributed by atoms with E-state index in [0.29, 0.717) is 6.42 Å². The van der Waals surface area contributed by atoms with Crippen molar-refractivity contribution >= 4 is 22.9 Å². The van der Waals surface area contributed by atoms with Crippen LogP contribution in [-0.2, 0) is 4.79 Å². The van der Waals surface area contributed by atoms with Crippen LogP contribution in [0.3, 0.4) is 0 Å². The Morgan fingerprint density at radius 1 is 1.08 bits per heavy atom. The molecule has 128 valence electrons. The lowest BCUT2D eigenvalue weighted by atomic mass is 9.68. The Hall–Kier alpha value is -2.62. The molecule has 1 saturated carbocycles. The fourth-order valence-corrected chi connectivity index (χ4v) is 4.02. The molecule has 0 saturated heterocycles. The van der Waals surface area contributed by atoms with E-state index in [0.717, 1.165) is 29.1 Å². The van der Waals surface area contributed by atoms with Gasteiger partial charge in [-0.05, 0) is 30.0 Å². The summed E-state index contributed by atoms with van der Waals surface area (Å²) in [5.41, 5.74) is 3.31. The van der Waals surface area contributed by atoms with Crippen LogP contribution in [0.4, 0.5) is 11.4 Å². The fourth-order valence-electron chi connectivity index (χ4n) is 4.02. The summed E-state index contributed by atoms with van der Waals surface area (Å²) in [7, 11) is 0. The third kappa shape index (κ3) is 2.82. The number of anilines is 1. The van der Waals surface area contributed by atoms with E-state index in [1.807, 2.05) is 36.4 Å². The zero-order valence-electron chi connectivity index (χ0n) is 14.5. The molecule has 0 aromatic heterocycles. The highest BCUT2D eigenvalue weighted by Gasteiger charge is 2.44. The molecule has 1 aliphatic carbocycles. The van der Waals surface area contributed by atoms with Crippen LogP contribution in [0, 0.1) is 11.3 Å². The average Bonchev–Trinajstić information content (AvgIpc) is 2.70. The largest absolute Gasteiger partial charge is 0.508 e. The van der Waals surface area contributed by atoms with Crippen LogP contribution in [-0.4, -0.2) is 16.6 Å². The van der Waals surface area contributed by atoms with Gasteiger partial charge in [-0.3, -0.25) is 9.79 Å². The van der Waals surface area contributed by atoms with Crippen molar-refractivity contribution in [2.24, 2.45) is 16.3 Å². The first-order chi connectivity index (χ1) is 11.9. The van der Waals surface area contributed by atoms with Crippen molar-refractivity contribution in [1.82, 2.24) is 0 Å². The van der Waals surface area contributed by atoms with Gasteiger partial charge in [0.05, 0.1) is 23.3 Å². The standard InChI is InChI=1S/C21H22N2O2/c1-21(2)11-16-19(18(25)12-21)20(13-7-3-6-10-17(13)24)23-15-9-5-4-8-14(15)22-16/h3-10,19-20,23-24H,11-12H2,1-2H3. The van der Waals surface area contributed by atoms with Crippen molar-refractivity contribution in [3.8, 4) is 5.75 Å². The Kier molecular flexibility index (Phi) is 3.64. The normalized spacial score (nSPS) is 24.4. The van der Waals surface area contributed by atoms with Crippen molar-refractivity contribution in [3.05, 3.63) is 54.1 Å². The number of aromatic hydroxyl groups is 1. The maximum Gasteiger partial charge on any atom is 0.144 e. The number of rotatable bonds is 1. The first kappa shape index (κ1) is 15.9. The summed E-state index contributed by atoms with van der Waals surface area (Å²) in [5.74, 6) is 0.0358. The zero-order valence-corrected chi connectivity index (χ0v) is 14.5. The predicted octanol–water partition coefficient (Wildman–Crippen LogP) is 4.64. The van der Waals surface area contributed by atoms with E-state index < -0.39 is 0 Å². The molecule has 0 amide bonds. The van der Waals surface area contributed by atoms with Crippen LogP contribution in [0.2, 0.25) is 0 Å². The minimum absolute atomic E-state index is 0.0883. The molecule has 0 radical (unpaired) electrons. The van der Waals surface area contributed by atoms with Crippen LogP contribution in [0.25, 0.3) is 0 Å². The number of nitrogens with zero attached hydrogens (tertiary/aromatic N) is 1. The number of carbonyl (C=O) groups is 1. The molecule has 4 rings (SSSR count). The number of Topliss-reactive ketones (excluding diaryl/α,β-unsaturated/α-hetero) is 1. The molecular formula is C21H22N2O2. The maximum atomic E-state index is 13.0. The van der Waals surface area contributed by atoms with Gasteiger partial charge in [0.1, 0.15) is 11.5 Å². The minimum atomic E-state index is -0.353. The van der Waals surface area contributed by atoms with E-state index in [2.05, 4.69) is 19.2 Å². The number of hydrogen-bond donors (Lipinski definition) is 2. The van der Waals surface area contributed by atoms with Gasteiger partial charge >= 0.3 is 0 Å². The molecule has 25 heavy (non-hydrogen) atoms. The third-order valence-electron chi connectivity index (χ3n) is 5.10. The third-order valence-corrected chi connectivity index (χ3v) is 5.10. The number of phenolic OH excluding ortho intramolecular Hbond substituents is 1. The number of fused-ring (bicyclic) bond motifs is 2. The summed E-state index contributed by atoms with van der Waals surface area (Å²) in [6.07, 6.45) is 1.31. The highest BCUT2D eigenvalue weighted by atomic mass is 16.3. The molecule has 2 aliphatic rings. The first-order valence-electron chi connectivity index (χ1n) is 8.68. The maximum absolute atomic E-state index is 13.0. The summed E-state index contributed by atoms with van der Waals surface area (Å²) in [6.45, 7) is 4.23. The molecule has 2 atom stereocenters. The number of ketones is 1. The number of carbonyl (C=O) groups excluding carboxylic acids is 1. The van der Waals surface area contributed by atoms with Crippen LogP contribution < -0.4 is 5.32 Å². The molecule has 1 fully saturated rings. The number of para-hydroxylation sites is 3. The lowest BCUT2D eigenvalue weighted by Gasteiger charge is -2.37. The number of hydrogen-bond acceptors (Lipinski definition) is 4. The summed E-state index contributed by atoms with van der Waals surface area (Å²) in [6, 6.07) is 14.8. The smallest absolute Gasteiger partial charge is 0.144 e. The van der Waals surface area contributed by atoms with Gasteiger partial charge in [-0.25, -0.2) is 0 Å². The van der Waals surface area contributed by atoms with Crippen molar-refractivity contribution < 1.29 is 9.90 Å². The van der Waals surface area contributed by atoms with Gasteiger partial charge in [-0.2, -0.15) is 0 Å². The monoisotopic (exact) mass is 334 g/mol. The van der Waals surface area contributed by atoms with Gasteiger partial charge in [0, 0.05) is 17.7 Å². The average molecular weight is 334 g/mol. The second-order valence-corrected chi connectivity index (χ2v) is 7.76. The first-order valence-corrected chi connectivity index (χ1v) is 8.68. The van der Waals surface area contributed by atoms with Crippen molar-refractivity contribution in [2.75, 3.05) is 5.32 Å². The van der Waals surface area contributed by atoms with E-state index in [-0.39, 0.29) is 28.9 Å². The Balaban J connectivity index is 1.89. The molecular weight excluding hydrogens is 312 g/mol. The summed E-state index contributed by atoms with van der Waals surface area (Å²) >= 11 is 0. The fraction of sp³-hybridized carbons (Fsp3) is 0.333. The van der Waals surface area contributed by atoms with Crippen LogP contribution in [0.1, 0.15) is 38.3 Å². The molecule has 4 heteroatoms. The molecule has 0 bridgehead atoms. The molecule has 2 unspecified atom stereocenters. The molecule has 0 spiro atoms. The highest BCUT2D eigenvalue weighted by Crippen LogP contribution is 2.46. The number of nitrogens with one attached hydrogen (secondary N) is 1. The molecule has 2 aromatic carbocycles. The predicted molar refractivity (Wildman–Crippen MR) is 99.5 cm³/mol. The van der Waals surface area contributed by atoms with E-state index >= 15 is 0 Å². The summed E-state index contributed by atoms with van der Waals surface area (Å²) in [4.78, 5) is 17.9. The lowest BCUT2D eigenvalue weighted by Crippen LogP contribution is -2.42. The zero-order chi connectivity index (χ0) is 17.6. The molecule has 2 N–H and O–H groups in total. The SMILES string of the molecule is CC1(C)CC(=O)C2C(=Nc3ccccc3NC2c2ccccc2O)C1. The summed E-state index contributed by atoms with van der Waals surface area (Å²) < 4.78 is 0. The quantitative estimate of drug-likeness (QED) is 0.799. The van der Waals surface area contributed by atoms with Gasteiger partial charge < -0.3 is 10.4 Å². The Morgan fingerprint density at radius 3 is 2.60 bits per heavy atom. The lowest BCUT2D eigenvalue weighted by molar-refractivity contribution is -0.124. The Labute approximate surface area is 147 Å². The van der Waals surface area contributed by atoms with Gasteiger partial charge in [-0.15, -0.1) is 0 Å². The summed E-state index contributed by atoms with van der Waals surface area (Å²) in [5, 5.41) is 13.9. The molecule has 4 nitrogen and oxygen atoms in total. The van der Waals surface area contributed by atoms with Gasteiger partial charge in [0.2, 0.25) is 0 Å². The van der Waals surface area contributed by atoms with Gasteiger partial charge in [0.15, 0.2) is 0 Å². The second kappa shape index (κ2) is 5.73.